The molecule has 1 unspecified atom stereocenters. The molecule has 1 saturated heterocycles. The van der Waals surface area contributed by atoms with Crippen LogP contribution < -0.4 is 51.4 Å². The molecular formula is C11H13ClKN. The first kappa shape index (κ1) is 13.2. The molecule has 0 N–H and O–H groups in total. The average Bonchev–Trinajstić information content (AvgIpc) is 2.71. The summed E-state index contributed by atoms with van der Waals surface area (Å²) in [6.45, 7) is 1.02. The second-order valence-electron chi connectivity index (χ2n) is 3.44. The molecule has 2 rings (SSSR count). The zero-order valence-corrected chi connectivity index (χ0v) is 12.4. The minimum Gasteiger partial charge on any atom is -0.656 e. The van der Waals surface area contributed by atoms with Crippen LogP contribution in [0.5, 0.6) is 0 Å². The van der Waals surface area contributed by atoms with Crippen molar-refractivity contribution in [2.24, 2.45) is 0 Å². The Bertz CT molecular complexity index is 284. The van der Waals surface area contributed by atoms with Gasteiger partial charge in [-0.25, -0.2) is 0 Å². The van der Waals surface area contributed by atoms with Gasteiger partial charge in [0.2, 0.25) is 0 Å². The standard InChI is InChI=1S/C11H13ClN.K/c12-8-9-3-1-4-10(7-9)11-5-2-6-13-11;/h1,3-4,7,11H,2,5-6,8H2;/q-1;+1. The number of alkyl halides is 1. The molecule has 70 valence electrons. The summed E-state index contributed by atoms with van der Waals surface area (Å²) < 4.78 is 0. The van der Waals surface area contributed by atoms with Gasteiger partial charge in [-0.2, -0.15) is 0 Å². The number of hydrogen-bond donors (Lipinski definition) is 0. The molecule has 3 heteroatoms. The van der Waals surface area contributed by atoms with Crippen molar-refractivity contribution < 1.29 is 51.4 Å². The molecule has 1 aliphatic rings. The minimum atomic E-state index is 0. The second kappa shape index (κ2) is 6.64. The van der Waals surface area contributed by atoms with E-state index in [0.717, 1.165) is 6.54 Å². The predicted octanol–water partition coefficient (Wildman–Crippen LogP) is 0.638. The van der Waals surface area contributed by atoms with E-state index < -0.39 is 0 Å². The van der Waals surface area contributed by atoms with Crippen molar-refractivity contribution in [2.45, 2.75) is 24.8 Å². The summed E-state index contributed by atoms with van der Waals surface area (Å²) in [6, 6.07) is 8.89. The summed E-state index contributed by atoms with van der Waals surface area (Å²) in [5.74, 6) is 0.598. The fraction of sp³-hybridized carbons (Fsp3) is 0.455. The predicted molar refractivity (Wildman–Crippen MR) is 56.2 cm³/mol. The first-order valence-electron chi connectivity index (χ1n) is 4.71. The molecule has 1 atom stereocenters. The Balaban J connectivity index is 0.000000980. The van der Waals surface area contributed by atoms with Crippen LogP contribution in [0.2, 0.25) is 0 Å². The van der Waals surface area contributed by atoms with E-state index in [1.807, 2.05) is 0 Å². The van der Waals surface area contributed by atoms with Gasteiger partial charge in [0, 0.05) is 5.88 Å². The summed E-state index contributed by atoms with van der Waals surface area (Å²) in [4.78, 5) is 0. The van der Waals surface area contributed by atoms with Crippen LogP contribution in [0.4, 0.5) is 0 Å². The topological polar surface area (TPSA) is 14.1 Å². The molecule has 0 aliphatic carbocycles. The van der Waals surface area contributed by atoms with Crippen molar-refractivity contribution in [3.8, 4) is 0 Å². The number of nitrogens with zero attached hydrogens (tertiary/aromatic N) is 1. The van der Waals surface area contributed by atoms with E-state index in [1.54, 1.807) is 0 Å². The smallest absolute Gasteiger partial charge is 0.656 e. The Morgan fingerprint density at radius 1 is 1.43 bits per heavy atom. The van der Waals surface area contributed by atoms with Gasteiger partial charge in [0.1, 0.15) is 0 Å². The first-order valence-corrected chi connectivity index (χ1v) is 5.25. The maximum Gasteiger partial charge on any atom is 1.00 e. The van der Waals surface area contributed by atoms with Crippen molar-refractivity contribution in [1.82, 2.24) is 0 Å². The fourth-order valence-corrected chi connectivity index (χ4v) is 1.94. The Morgan fingerprint density at radius 2 is 2.29 bits per heavy atom. The number of hydrogen-bond acceptors (Lipinski definition) is 0. The van der Waals surface area contributed by atoms with Gasteiger partial charge >= 0.3 is 51.4 Å². The van der Waals surface area contributed by atoms with E-state index in [-0.39, 0.29) is 51.4 Å². The van der Waals surface area contributed by atoms with Crippen LogP contribution in [0.25, 0.3) is 5.32 Å². The Hall–Kier alpha value is 1.11. The van der Waals surface area contributed by atoms with E-state index in [9.17, 15) is 0 Å². The summed E-state index contributed by atoms with van der Waals surface area (Å²) in [5.41, 5.74) is 2.52. The Labute approximate surface area is 133 Å². The quantitative estimate of drug-likeness (QED) is 0.526. The number of rotatable bonds is 2. The van der Waals surface area contributed by atoms with Crippen LogP contribution in [0.15, 0.2) is 24.3 Å². The maximum atomic E-state index is 5.77. The van der Waals surface area contributed by atoms with Gasteiger partial charge in [-0.15, -0.1) is 24.2 Å². The maximum absolute atomic E-state index is 5.77. The second-order valence-corrected chi connectivity index (χ2v) is 3.71. The minimum absolute atomic E-state index is 0. The number of benzene rings is 1. The zero-order chi connectivity index (χ0) is 9.10. The molecule has 0 amide bonds. The average molecular weight is 234 g/mol. The van der Waals surface area contributed by atoms with Crippen molar-refractivity contribution >= 4 is 11.6 Å². The summed E-state index contributed by atoms with van der Waals surface area (Å²) in [6.07, 6.45) is 2.43. The molecule has 14 heavy (non-hydrogen) atoms. The summed E-state index contributed by atoms with van der Waals surface area (Å²) >= 11 is 5.77. The Morgan fingerprint density at radius 3 is 2.93 bits per heavy atom. The van der Waals surface area contributed by atoms with E-state index in [2.05, 4.69) is 29.6 Å². The summed E-state index contributed by atoms with van der Waals surface area (Å²) in [5, 5.41) is 4.54. The van der Waals surface area contributed by atoms with Crippen LogP contribution in [-0.2, 0) is 5.88 Å². The molecule has 0 bridgehead atoms. The largest absolute Gasteiger partial charge is 1.00 e. The van der Waals surface area contributed by atoms with Gasteiger partial charge in [0.15, 0.2) is 0 Å². The molecule has 1 aromatic carbocycles. The molecule has 1 nitrogen and oxygen atoms in total. The van der Waals surface area contributed by atoms with Crippen molar-refractivity contribution in [3.63, 3.8) is 0 Å². The molecule has 1 heterocycles. The monoisotopic (exact) mass is 233 g/mol. The van der Waals surface area contributed by atoms with E-state index in [0.29, 0.717) is 11.9 Å². The summed E-state index contributed by atoms with van der Waals surface area (Å²) in [7, 11) is 0. The normalized spacial score (nSPS) is 20.5. The van der Waals surface area contributed by atoms with Gasteiger partial charge in [0.05, 0.1) is 0 Å². The molecule has 0 spiro atoms. The Kier molecular flexibility index (Phi) is 6.25. The van der Waals surface area contributed by atoms with E-state index in [1.165, 1.54) is 24.0 Å². The third-order valence-electron chi connectivity index (χ3n) is 2.48. The molecule has 1 fully saturated rings. The molecule has 0 aromatic heterocycles. The molecular weight excluding hydrogens is 221 g/mol. The van der Waals surface area contributed by atoms with Gasteiger partial charge < -0.3 is 5.32 Å². The van der Waals surface area contributed by atoms with Crippen LogP contribution >= 0.6 is 11.6 Å². The molecule has 1 aromatic rings. The van der Waals surface area contributed by atoms with Gasteiger partial charge in [-0.1, -0.05) is 42.7 Å². The third kappa shape index (κ3) is 3.31. The van der Waals surface area contributed by atoms with Crippen molar-refractivity contribution in [1.29, 1.82) is 0 Å². The molecule has 0 radical (unpaired) electrons. The van der Waals surface area contributed by atoms with Gasteiger partial charge in [-0.3, -0.25) is 0 Å². The SMILES string of the molecule is ClCc1cccc(C2CCC[N-]2)c1.[K+]. The molecule has 0 saturated carbocycles. The first-order chi connectivity index (χ1) is 6.40. The van der Waals surface area contributed by atoms with Gasteiger partial charge in [0.25, 0.3) is 0 Å². The van der Waals surface area contributed by atoms with Crippen molar-refractivity contribution in [2.75, 3.05) is 6.54 Å². The third-order valence-corrected chi connectivity index (χ3v) is 2.78. The van der Waals surface area contributed by atoms with E-state index >= 15 is 0 Å². The van der Waals surface area contributed by atoms with Crippen molar-refractivity contribution in [3.05, 3.63) is 40.7 Å². The van der Waals surface area contributed by atoms with Gasteiger partial charge in [-0.05, 0) is 5.56 Å². The fourth-order valence-electron chi connectivity index (χ4n) is 1.78. The van der Waals surface area contributed by atoms with Crippen LogP contribution in [0.1, 0.15) is 30.0 Å². The zero-order valence-electron chi connectivity index (χ0n) is 8.54. The van der Waals surface area contributed by atoms with Crippen LogP contribution in [0.3, 0.4) is 0 Å². The van der Waals surface area contributed by atoms with Crippen LogP contribution in [-0.4, -0.2) is 6.54 Å². The number of halogens is 1. The van der Waals surface area contributed by atoms with E-state index in [4.69, 9.17) is 11.6 Å². The van der Waals surface area contributed by atoms with Crippen LogP contribution in [0, 0.1) is 0 Å². The molecule has 1 aliphatic heterocycles.